The van der Waals surface area contributed by atoms with Gasteiger partial charge >= 0.3 is 6.03 Å². The van der Waals surface area contributed by atoms with Gasteiger partial charge in [-0.05, 0) is 45.2 Å². The summed E-state index contributed by atoms with van der Waals surface area (Å²) in [6.45, 7) is 9.91. The molecule has 5 heteroatoms. The van der Waals surface area contributed by atoms with E-state index >= 15 is 0 Å². The van der Waals surface area contributed by atoms with Crippen LogP contribution in [0.2, 0.25) is 0 Å². The number of benzene rings is 1. The topological polar surface area (TPSA) is 70.2 Å². The van der Waals surface area contributed by atoms with E-state index in [1.165, 1.54) is 0 Å². The number of carbonyl (C=O) groups excluding carboxylic acids is 2. The third-order valence-corrected chi connectivity index (χ3v) is 3.45. The second-order valence-electron chi connectivity index (χ2n) is 5.84. The molecule has 0 bridgehead atoms. The van der Waals surface area contributed by atoms with Crippen LogP contribution >= 0.6 is 0 Å². The predicted molar refractivity (Wildman–Crippen MR) is 90.2 cm³/mol. The first-order valence-corrected chi connectivity index (χ1v) is 7.75. The molecule has 1 atom stereocenters. The largest absolute Gasteiger partial charge is 0.336 e. The monoisotopic (exact) mass is 305 g/mol. The minimum atomic E-state index is -0.312. The number of aryl methyl sites for hydroxylation is 3. The number of carbonyl (C=O) groups is 2. The lowest BCUT2D eigenvalue weighted by Crippen LogP contribution is -2.43. The molecule has 22 heavy (non-hydrogen) atoms. The summed E-state index contributed by atoms with van der Waals surface area (Å²) in [7, 11) is 0. The third kappa shape index (κ3) is 5.76. The average molecular weight is 305 g/mol. The number of urea groups is 1. The van der Waals surface area contributed by atoms with E-state index in [-0.39, 0.29) is 24.5 Å². The van der Waals surface area contributed by atoms with Crippen LogP contribution < -0.4 is 16.0 Å². The predicted octanol–water partition coefficient (Wildman–Crippen LogP) is 3.04. The van der Waals surface area contributed by atoms with E-state index in [0.717, 1.165) is 35.2 Å². The smallest absolute Gasteiger partial charge is 0.315 e. The molecule has 0 saturated heterocycles. The van der Waals surface area contributed by atoms with Gasteiger partial charge in [-0.15, -0.1) is 0 Å². The zero-order chi connectivity index (χ0) is 16.7. The summed E-state index contributed by atoms with van der Waals surface area (Å²) < 4.78 is 0. The van der Waals surface area contributed by atoms with Crippen LogP contribution in [-0.4, -0.2) is 24.5 Å². The first-order valence-electron chi connectivity index (χ1n) is 7.75. The molecule has 0 aromatic heterocycles. The number of hydrogen-bond acceptors (Lipinski definition) is 2. The first kappa shape index (κ1) is 18.0. The van der Waals surface area contributed by atoms with Crippen molar-refractivity contribution < 1.29 is 9.59 Å². The number of hydrogen-bond donors (Lipinski definition) is 3. The van der Waals surface area contributed by atoms with Gasteiger partial charge in [-0.2, -0.15) is 0 Å². The summed E-state index contributed by atoms with van der Waals surface area (Å²) in [6.07, 6.45) is 1.93. The molecule has 0 heterocycles. The van der Waals surface area contributed by atoms with Gasteiger partial charge in [0.2, 0.25) is 5.91 Å². The summed E-state index contributed by atoms with van der Waals surface area (Å²) in [5.41, 5.74) is 4.02. The van der Waals surface area contributed by atoms with Crippen molar-refractivity contribution in [1.29, 1.82) is 0 Å². The Hall–Kier alpha value is -2.04. The highest BCUT2D eigenvalue weighted by atomic mass is 16.2. The normalized spacial score (nSPS) is 11.7. The molecule has 0 radical (unpaired) electrons. The van der Waals surface area contributed by atoms with Crippen molar-refractivity contribution in [3.8, 4) is 0 Å². The van der Waals surface area contributed by atoms with E-state index in [4.69, 9.17) is 0 Å². The van der Waals surface area contributed by atoms with Gasteiger partial charge in [0, 0.05) is 11.7 Å². The van der Waals surface area contributed by atoms with Gasteiger partial charge in [-0.25, -0.2) is 4.79 Å². The van der Waals surface area contributed by atoms with Crippen molar-refractivity contribution in [3.05, 3.63) is 28.8 Å². The summed E-state index contributed by atoms with van der Waals surface area (Å²) >= 11 is 0. The van der Waals surface area contributed by atoms with E-state index in [1.54, 1.807) is 0 Å². The zero-order valence-electron chi connectivity index (χ0n) is 14.2. The van der Waals surface area contributed by atoms with E-state index in [2.05, 4.69) is 22.9 Å². The molecular weight excluding hydrogens is 278 g/mol. The third-order valence-electron chi connectivity index (χ3n) is 3.45. The van der Waals surface area contributed by atoms with E-state index in [1.807, 2.05) is 39.8 Å². The Balaban J connectivity index is 2.49. The molecule has 3 N–H and O–H groups in total. The fraction of sp³-hybridized carbons (Fsp3) is 0.529. The second kappa shape index (κ2) is 8.41. The quantitative estimate of drug-likeness (QED) is 0.756. The van der Waals surface area contributed by atoms with Crippen LogP contribution in [0.5, 0.6) is 0 Å². The van der Waals surface area contributed by atoms with Crippen LogP contribution in [0, 0.1) is 20.8 Å². The van der Waals surface area contributed by atoms with Crippen LogP contribution in [-0.2, 0) is 4.79 Å². The standard InChI is InChI=1S/C17H27N3O2/c1-6-7-14(5)19-17(22)18-10-15(21)20-16-12(3)8-11(2)9-13(16)4/h8-9,14H,6-7,10H2,1-5H3,(H,20,21)(H2,18,19,22). The van der Waals surface area contributed by atoms with Gasteiger partial charge < -0.3 is 16.0 Å². The van der Waals surface area contributed by atoms with Crippen LogP contribution in [0.3, 0.4) is 0 Å². The van der Waals surface area contributed by atoms with Crippen molar-refractivity contribution in [2.24, 2.45) is 0 Å². The Morgan fingerprint density at radius 1 is 1.14 bits per heavy atom. The molecule has 1 aromatic rings. The lowest BCUT2D eigenvalue weighted by molar-refractivity contribution is -0.115. The maximum absolute atomic E-state index is 12.0. The van der Waals surface area contributed by atoms with Crippen molar-refractivity contribution in [2.75, 3.05) is 11.9 Å². The maximum atomic E-state index is 12.0. The van der Waals surface area contributed by atoms with E-state index < -0.39 is 0 Å². The summed E-state index contributed by atoms with van der Waals surface area (Å²) in [5, 5.41) is 8.24. The van der Waals surface area contributed by atoms with Crippen molar-refractivity contribution in [1.82, 2.24) is 10.6 Å². The van der Waals surface area contributed by atoms with Gasteiger partial charge in [-0.3, -0.25) is 4.79 Å². The van der Waals surface area contributed by atoms with Crippen molar-refractivity contribution >= 4 is 17.6 Å². The van der Waals surface area contributed by atoms with Crippen LogP contribution in [0.4, 0.5) is 10.5 Å². The Labute approximate surface area is 132 Å². The Morgan fingerprint density at radius 2 is 1.73 bits per heavy atom. The molecule has 0 aliphatic heterocycles. The molecule has 5 nitrogen and oxygen atoms in total. The molecular formula is C17H27N3O2. The highest BCUT2D eigenvalue weighted by molar-refractivity contribution is 5.95. The lowest BCUT2D eigenvalue weighted by Gasteiger charge is -2.15. The van der Waals surface area contributed by atoms with Crippen LogP contribution in [0.25, 0.3) is 0 Å². The van der Waals surface area contributed by atoms with Gasteiger partial charge in [-0.1, -0.05) is 31.0 Å². The highest BCUT2D eigenvalue weighted by Gasteiger charge is 2.10. The van der Waals surface area contributed by atoms with Crippen molar-refractivity contribution in [2.45, 2.75) is 53.5 Å². The van der Waals surface area contributed by atoms with Crippen LogP contribution in [0.1, 0.15) is 43.4 Å². The van der Waals surface area contributed by atoms with Gasteiger partial charge in [0.25, 0.3) is 0 Å². The van der Waals surface area contributed by atoms with Gasteiger partial charge in [0.15, 0.2) is 0 Å². The Kier molecular flexibility index (Phi) is 6.89. The molecule has 0 fully saturated rings. The van der Waals surface area contributed by atoms with Crippen molar-refractivity contribution in [3.63, 3.8) is 0 Å². The molecule has 0 spiro atoms. The number of rotatable bonds is 6. The summed E-state index contributed by atoms with van der Waals surface area (Å²) in [6, 6.07) is 3.84. The Bertz CT molecular complexity index is 518. The first-order chi connectivity index (χ1) is 10.3. The Morgan fingerprint density at radius 3 is 2.27 bits per heavy atom. The molecule has 0 aliphatic carbocycles. The van der Waals surface area contributed by atoms with E-state index in [9.17, 15) is 9.59 Å². The van der Waals surface area contributed by atoms with Crippen LogP contribution in [0.15, 0.2) is 12.1 Å². The molecule has 3 amide bonds. The van der Waals surface area contributed by atoms with E-state index in [0.29, 0.717) is 0 Å². The summed E-state index contributed by atoms with van der Waals surface area (Å²) in [5.74, 6) is -0.228. The number of amides is 3. The highest BCUT2D eigenvalue weighted by Crippen LogP contribution is 2.21. The minimum Gasteiger partial charge on any atom is -0.336 e. The molecule has 0 saturated carbocycles. The van der Waals surface area contributed by atoms with Gasteiger partial charge in [0.05, 0.1) is 6.54 Å². The molecule has 122 valence electrons. The number of anilines is 1. The zero-order valence-corrected chi connectivity index (χ0v) is 14.2. The molecule has 1 rings (SSSR count). The molecule has 0 aliphatic rings. The summed E-state index contributed by atoms with van der Waals surface area (Å²) in [4.78, 5) is 23.6. The SMILES string of the molecule is CCCC(C)NC(=O)NCC(=O)Nc1c(C)cc(C)cc1C. The average Bonchev–Trinajstić information content (AvgIpc) is 2.40. The number of nitrogens with one attached hydrogen (secondary N) is 3. The molecule has 1 unspecified atom stereocenters. The fourth-order valence-corrected chi connectivity index (χ4v) is 2.50. The fourth-order valence-electron chi connectivity index (χ4n) is 2.50. The lowest BCUT2D eigenvalue weighted by atomic mass is 10.1. The second-order valence-corrected chi connectivity index (χ2v) is 5.84. The molecule has 1 aromatic carbocycles. The maximum Gasteiger partial charge on any atom is 0.315 e. The van der Waals surface area contributed by atoms with Gasteiger partial charge in [0.1, 0.15) is 0 Å². The minimum absolute atomic E-state index is 0.0442.